The maximum Gasteiger partial charge on any atom is 0.158 e. The first kappa shape index (κ1) is 15.5. The maximum atomic E-state index is 12.1. The van der Waals surface area contributed by atoms with Crippen LogP contribution in [0, 0.1) is 47.3 Å². The van der Waals surface area contributed by atoms with E-state index in [1.807, 2.05) is 6.92 Å². The first-order chi connectivity index (χ1) is 11.0. The summed E-state index contributed by atoms with van der Waals surface area (Å²) in [4.78, 5) is 12.1. The highest BCUT2D eigenvalue weighted by Gasteiger charge is 2.58. The molecule has 1 N–H and O–H groups in total. The van der Waals surface area contributed by atoms with Crippen LogP contribution in [0.5, 0.6) is 0 Å². The Labute approximate surface area is 139 Å². The lowest BCUT2D eigenvalue weighted by molar-refractivity contribution is -0.117. The number of aliphatic hydroxyl groups is 1. The monoisotopic (exact) mass is 312 g/mol. The van der Waals surface area contributed by atoms with Gasteiger partial charge in [0.1, 0.15) is 0 Å². The van der Waals surface area contributed by atoms with Gasteiger partial charge in [-0.15, -0.1) is 12.3 Å². The predicted molar refractivity (Wildman–Crippen MR) is 90.4 cm³/mol. The minimum Gasteiger partial charge on any atom is -0.391 e. The van der Waals surface area contributed by atoms with Crippen molar-refractivity contribution < 1.29 is 9.90 Å². The number of carbonyl (C=O) groups excluding carboxylic acids is 1. The second-order valence-electron chi connectivity index (χ2n) is 8.69. The average Bonchev–Trinajstić information content (AvgIpc) is 2.82. The number of terminal acetylenes is 1. The predicted octanol–water partition coefficient (Wildman–Crippen LogP) is 3.74. The molecule has 3 saturated carbocycles. The molecule has 0 bridgehead atoms. The van der Waals surface area contributed by atoms with Gasteiger partial charge >= 0.3 is 0 Å². The first-order valence-corrected chi connectivity index (χ1v) is 9.34. The van der Waals surface area contributed by atoms with Crippen LogP contribution in [0.3, 0.4) is 0 Å². The van der Waals surface area contributed by atoms with Crippen LogP contribution in [0.1, 0.15) is 58.8 Å². The fourth-order valence-electron chi connectivity index (χ4n) is 6.68. The van der Waals surface area contributed by atoms with E-state index in [2.05, 4.69) is 12.8 Å². The van der Waals surface area contributed by atoms with Crippen molar-refractivity contribution in [3.63, 3.8) is 0 Å². The van der Waals surface area contributed by atoms with Gasteiger partial charge in [-0.3, -0.25) is 4.79 Å². The molecule has 7 atom stereocenters. The van der Waals surface area contributed by atoms with E-state index in [1.54, 1.807) is 0 Å². The van der Waals surface area contributed by atoms with Crippen LogP contribution < -0.4 is 0 Å². The van der Waals surface area contributed by atoms with Crippen molar-refractivity contribution in [1.82, 2.24) is 0 Å². The van der Waals surface area contributed by atoms with Crippen LogP contribution in [-0.2, 0) is 4.79 Å². The minimum atomic E-state index is -0.329. The number of hydrogen-bond acceptors (Lipinski definition) is 2. The largest absolute Gasteiger partial charge is 0.391 e. The summed E-state index contributed by atoms with van der Waals surface area (Å²) < 4.78 is 0. The van der Waals surface area contributed by atoms with E-state index in [-0.39, 0.29) is 17.4 Å². The lowest BCUT2D eigenvalue weighted by Crippen LogP contribution is -2.48. The molecule has 4 rings (SSSR count). The van der Waals surface area contributed by atoms with E-state index in [4.69, 9.17) is 6.42 Å². The summed E-state index contributed by atoms with van der Waals surface area (Å²) in [6.07, 6.45) is 12.7. The third-order valence-corrected chi connectivity index (χ3v) is 8.00. The fraction of sp³-hybridized carbons (Fsp3) is 0.762. The van der Waals surface area contributed by atoms with Crippen LogP contribution >= 0.6 is 0 Å². The fourth-order valence-corrected chi connectivity index (χ4v) is 6.68. The van der Waals surface area contributed by atoms with E-state index >= 15 is 0 Å². The summed E-state index contributed by atoms with van der Waals surface area (Å²) in [5.74, 6) is 5.86. The van der Waals surface area contributed by atoms with Crippen LogP contribution in [-0.4, -0.2) is 17.0 Å². The van der Waals surface area contributed by atoms with Crippen molar-refractivity contribution in [2.45, 2.75) is 64.9 Å². The number of carbonyl (C=O) groups is 1. The second kappa shape index (κ2) is 5.21. The Morgan fingerprint density at radius 2 is 2.00 bits per heavy atom. The summed E-state index contributed by atoms with van der Waals surface area (Å²) >= 11 is 0. The van der Waals surface area contributed by atoms with Crippen molar-refractivity contribution >= 4 is 5.78 Å². The molecular weight excluding hydrogens is 284 g/mol. The lowest BCUT2D eigenvalue weighted by atomic mass is 9.52. The van der Waals surface area contributed by atoms with Gasteiger partial charge in [-0.05, 0) is 80.1 Å². The van der Waals surface area contributed by atoms with Gasteiger partial charge in [0.15, 0.2) is 5.78 Å². The highest BCUT2D eigenvalue weighted by atomic mass is 16.3. The van der Waals surface area contributed by atoms with Gasteiger partial charge in [0.2, 0.25) is 0 Å². The summed E-state index contributed by atoms with van der Waals surface area (Å²) in [5, 5.41) is 10.7. The Bertz CT molecular complexity index is 610. The van der Waals surface area contributed by atoms with Gasteiger partial charge in [0.25, 0.3) is 0 Å². The summed E-state index contributed by atoms with van der Waals surface area (Å²) in [6, 6.07) is 0. The van der Waals surface area contributed by atoms with E-state index in [0.717, 1.165) is 37.7 Å². The summed E-state index contributed by atoms with van der Waals surface area (Å²) in [7, 11) is 0. The molecule has 3 fully saturated rings. The quantitative estimate of drug-likeness (QED) is 0.692. The molecule has 4 aliphatic rings. The minimum absolute atomic E-state index is 0.0128. The Hall–Kier alpha value is -1.07. The van der Waals surface area contributed by atoms with E-state index in [0.29, 0.717) is 29.5 Å². The number of Topliss-reactive ketones (excluding diaryl/α,β-unsaturated/α-hetero) is 1. The SMILES string of the molecule is C#C[C@@H]1C[C@@H]2[C@@H]3CCC4=C(C)C(=O)CC[C@@H]4[C@@H]3CC[C@@]2(C)[C@@H]1O. The molecule has 2 heteroatoms. The normalized spacial score (nSPS) is 49.2. The van der Waals surface area contributed by atoms with Crippen molar-refractivity contribution in [3.8, 4) is 12.3 Å². The standard InChI is InChI=1S/C21H28O2/c1-4-13-11-18-17-6-5-14-12(2)19(22)8-7-15(14)16(17)9-10-21(18,3)20(13)23/h1,13,15-18,20,23H,5-11H2,2-3H3/t13-,15+,16+,17-,18-,20-,21-/m1/s1. The Morgan fingerprint density at radius 3 is 2.74 bits per heavy atom. The van der Waals surface area contributed by atoms with Gasteiger partial charge < -0.3 is 5.11 Å². The van der Waals surface area contributed by atoms with Gasteiger partial charge in [-0.2, -0.15) is 0 Å². The smallest absolute Gasteiger partial charge is 0.158 e. The third-order valence-electron chi connectivity index (χ3n) is 8.00. The number of aliphatic hydroxyl groups excluding tert-OH is 1. The van der Waals surface area contributed by atoms with Crippen molar-refractivity contribution in [2.24, 2.45) is 35.0 Å². The molecule has 0 saturated heterocycles. The molecule has 0 unspecified atom stereocenters. The zero-order valence-electron chi connectivity index (χ0n) is 14.3. The molecule has 4 aliphatic carbocycles. The van der Waals surface area contributed by atoms with Crippen molar-refractivity contribution in [3.05, 3.63) is 11.1 Å². The van der Waals surface area contributed by atoms with Crippen LogP contribution in [0.15, 0.2) is 11.1 Å². The van der Waals surface area contributed by atoms with E-state index in [1.165, 1.54) is 18.4 Å². The molecule has 124 valence electrons. The maximum absolute atomic E-state index is 12.1. The third kappa shape index (κ3) is 2.02. The van der Waals surface area contributed by atoms with Crippen LogP contribution in [0.2, 0.25) is 0 Å². The molecule has 2 nitrogen and oxygen atoms in total. The topological polar surface area (TPSA) is 37.3 Å². The van der Waals surface area contributed by atoms with Crippen LogP contribution in [0.25, 0.3) is 0 Å². The molecule has 0 aliphatic heterocycles. The summed E-state index contributed by atoms with van der Waals surface area (Å²) in [5.41, 5.74) is 2.55. The van der Waals surface area contributed by atoms with Gasteiger partial charge in [0, 0.05) is 12.3 Å². The number of fused-ring (bicyclic) bond motifs is 5. The molecule has 23 heavy (non-hydrogen) atoms. The Kier molecular flexibility index (Phi) is 3.50. The highest BCUT2D eigenvalue weighted by molar-refractivity contribution is 5.96. The number of allylic oxidation sites excluding steroid dienone is 1. The number of hydrogen-bond donors (Lipinski definition) is 1. The molecule has 0 aromatic carbocycles. The Balaban J connectivity index is 1.66. The van der Waals surface area contributed by atoms with E-state index < -0.39 is 0 Å². The zero-order valence-corrected chi connectivity index (χ0v) is 14.3. The molecule has 0 aromatic heterocycles. The Morgan fingerprint density at radius 1 is 1.22 bits per heavy atom. The van der Waals surface area contributed by atoms with Gasteiger partial charge in [-0.25, -0.2) is 0 Å². The molecule has 0 heterocycles. The van der Waals surface area contributed by atoms with Gasteiger partial charge in [0.05, 0.1) is 6.10 Å². The number of rotatable bonds is 0. The molecule has 0 spiro atoms. The first-order valence-electron chi connectivity index (χ1n) is 9.34. The average molecular weight is 312 g/mol. The molecule has 0 amide bonds. The van der Waals surface area contributed by atoms with Crippen molar-refractivity contribution in [2.75, 3.05) is 0 Å². The molecule has 0 radical (unpaired) electrons. The molecular formula is C21H28O2. The zero-order chi connectivity index (χ0) is 16.4. The van der Waals surface area contributed by atoms with Gasteiger partial charge in [-0.1, -0.05) is 12.5 Å². The van der Waals surface area contributed by atoms with E-state index in [9.17, 15) is 9.90 Å². The van der Waals surface area contributed by atoms with Crippen molar-refractivity contribution in [1.29, 1.82) is 0 Å². The second-order valence-corrected chi connectivity index (χ2v) is 8.69. The van der Waals surface area contributed by atoms with Crippen LogP contribution in [0.4, 0.5) is 0 Å². The summed E-state index contributed by atoms with van der Waals surface area (Å²) in [6.45, 7) is 4.32. The molecule has 0 aromatic rings. The number of ketones is 1. The lowest BCUT2D eigenvalue weighted by Gasteiger charge is -2.53. The highest BCUT2D eigenvalue weighted by Crippen LogP contribution is 2.63.